The van der Waals surface area contributed by atoms with E-state index in [1.807, 2.05) is 66.3 Å². The van der Waals surface area contributed by atoms with Gasteiger partial charge in [0, 0.05) is 11.5 Å². The van der Waals surface area contributed by atoms with Gasteiger partial charge >= 0.3 is 0 Å². The molecule has 3 aromatic rings. The van der Waals surface area contributed by atoms with Gasteiger partial charge < -0.3 is 4.74 Å². The summed E-state index contributed by atoms with van der Waals surface area (Å²) in [6.45, 7) is 2.27. The average Bonchev–Trinajstić information content (AvgIpc) is 2.60. The fourth-order valence-electron chi connectivity index (χ4n) is 2.57. The average molecular weight is 392 g/mol. The van der Waals surface area contributed by atoms with Crippen LogP contribution in [0.3, 0.4) is 0 Å². The quantitative estimate of drug-likeness (QED) is 0.397. The lowest BCUT2D eigenvalue weighted by Crippen LogP contribution is -2.68. The molecule has 0 atom stereocenters. The Morgan fingerprint density at radius 3 is 2.30 bits per heavy atom. The zero-order valence-electron chi connectivity index (χ0n) is 14.8. The van der Waals surface area contributed by atoms with E-state index in [1.165, 1.54) is 5.39 Å². The van der Waals surface area contributed by atoms with Crippen LogP contribution in [0.4, 0.5) is 0 Å². The molecule has 0 saturated carbocycles. The van der Waals surface area contributed by atoms with Gasteiger partial charge in [-0.1, -0.05) is 29.8 Å². The molecule has 0 radical (unpaired) electrons. The van der Waals surface area contributed by atoms with Gasteiger partial charge in [0.1, 0.15) is 5.75 Å². The maximum atomic E-state index is 12.6. The number of halogens is 1. The lowest BCUT2D eigenvalue weighted by atomic mass is 10.1. The number of methoxy groups -OCH3 is 1. The Morgan fingerprint density at radius 2 is 1.67 bits per heavy atom. The standard InChI is InChI=1S/C19H18NO2.ClHO4/c1-14-7-8-19(22-2)17(11-14)18(21)13-20-10-9-15-5-3-4-6-16(15)12-20;2-1(3,4)5/h3-12H,13H2,1-2H3;(H,2,3,4,5)/q+1;/p-1. The number of carbonyl (C=O) groups is 1. The van der Waals surface area contributed by atoms with E-state index in [0.29, 0.717) is 17.9 Å². The van der Waals surface area contributed by atoms with Crippen LogP contribution in [0, 0.1) is 17.2 Å². The Labute approximate surface area is 158 Å². The second-order valence-corrected chi connectivity index (χ2v) is 6.51. The third-order valence-electron chi connectivity index (χ3n) is 3.73. The van der Waals surface area contributed by atoms with Crippen molar-refractivity contribution in [2.24, 2.45) is 0 Å². The minimum Gasteiger partial charge on any atom is -0.496 e. The number of carbonyl (C=O) groups excluding carboxylic acids is 1. The first-order valence-electron chi connectivity index (χ1n) is 7.85. The normalized spacial score (nSPS) is 10.9. The molecule has 2 aromatic carbocycles. The van der Waals surface area contributed by atoms with E-state index < -0.39 is 10.2 Å². The summed E-state index contributed by atoms with van der Waals surface area (Å²) in [5.41, 5.74) is 1.68. The molecule has 8 heteroatoms. The van der Waals surface area contributed by atoms with Crippen molar-refractivity contribution in [1.82, 2.24) is 0 Å². The monoisotopic (exact) mass is 391 g/mol. The van der Waals surface area contributed by atoms with Crippen LogP contribution >= 0.6 is 0 Å². The largest absolute Gasteiger partial charge is 0.496 e. The molecule has 0 unspecified atom stereocenters. The third kappa shape index (κ3) is 6.59. The minimum atomic E-state index is -4.94. The van der Waals surface area contributed by atoms with Crippen molar-refractivity contribution < 1.29 is 43.0 Å². The van der Waals surface area contributed by atoms with Gasteiger partial charge in [-0.3, -0.25) is 4.79 Å². The Balaban J connectivity index is 0.000000465. The summed E-state index contributed by atoms with van der Waals surface area (Å²) in [7, 11) is -3.36. The maximum Gasteiger partial charge on any atom is 0.231 e. The maximum absolute atomic E-state index is 12.6. The molecule has 0 spiro atoms. The number of rotatable bonds is 4. The summed E-state index contributed by atoms with van der Waals surface area (Å²) in [5, 5.41) is 2.29. The summed E-state index contributed by atoms with van der Waals surface area (Å²) in [6.07, 6.45) is 3.93. The number of benzene rings is 2. The molecule has 0 saturated heterocycles. The smallest absolute Gasteiger partial charge is 0.231 e. The first kappa shape index (κ1) is 20.8. The molecule has 142 valence electrons. The summed E-state index contributed by atoms with van der Waals surface area (Å²) >= 11 is 0. The number of fused-ring (bicyclic) bond motifs is 1. The molecular formula is C19H18ClNO6. The molecule has 0 amide bonds. The highest BCUT2D eigenvalue weighted by molar-refractivity contribution is 5.98. The Kier molecular flexibility index (Phi) is 6.84. The molecule has 0 fully saturated rings. The van der Waals surface area contributed by atoms with Crippen LogP contribution in [0.25, 0.3) is 10.8 Å². The minimum absolute atomic E-state index is 0.0424. The number of Topliss-reactive ketones (excluding diaryl/α,β-unsaturated/α-hetero) is 1. The summed E-state index contributed by atoms with van der Waals surface area (Å²) < 4.78 is 41.2. The van der Waals surface area contributed by atoms with Crippen LogP contribution < -0.4 is 27.9 Å². The zero-order valence-corrected chi connectivity index (χ0v) is 15.5. The SMILES string of the molecule is COc1ccc(C)cc1C(=O)C[n+]1ccc2ccccc2c1.[O-][Cl+3]([O-])([O-])[O-]. The number of ketones is 1. The number of aryl methyl sites for hydroxylation is 1. The first-order valence-corrected chi connectivity index (χ1v) is 9.08. The van der Waals surface area contributed by atoms with Crippen molar-refractivity contribution in [3.8, 4) is 5.75 Å². The van der Waals surface area contributed by atoms with Crippen molar-refractivity contribution >= 4 is 16.6 Å². The van der Waals surface area contributed by atoms with Crippen LogP contribution in [0.5, 0.6) is 5.75 Å². The van der Waals surface area contributed by atoms with Gasteiger partial charge in [-0.2, -0.15) is 4.57 Å². The predicted molar refractivity (Wildman–Crippen MR) is 86.2 cm³/mol. The topological polar surface area (TPSA) is 122 Å². The van der Waals surface area contributed by atoms with Crippen molar-refractivity contribution in [2.45, 2.75) is 13.5 Å². The van der Waals surface area contributed by atoms with Crippen LogP contribution in [-0.4, -0.2) is 12.9 Å². The van der Waals surface area contributed by atoms with Crippen LogP contribution in [-0.2, 0) is 6.54 Å². The first-order chi connectivity index (χ1) is 12.7. The van der Waals surface area contributed by atoms with Crippen molar-refractivity contribution in [3.05, 3.63) is 72.1 Å². The molecule has 0 aliphatic carbocycles. The zero-order chi connectivity index (χ0) is 20.0. The number of pyridine rings is 1. The van der Waals surface area contributed by atoms with E-state index >= 15 is 0 Å². The van der Waals surface area contributed by atoms with E-state index in [4.69, 9.17) is 23.4 Å². The lowest BCUT2D eigenvalue weighted by molar-refractivity contribution is -2.00. The summed E-state index contributed by atoms with van der Waals surface area (Å²) in [5.74, 6) is 0.665. The molecular weight excluding hydrogens is 374 g/mol. The summed E-state index contributed by atoms with van der Waals surface area (Å²) in [4.78, 5) is 12.6. The van der Waals surface area contributed by atoms with Gasteiger partial charge in [0.25, 0.3) is 0 Å². The Morgan fingerprint density at radius 1 is 1.04 bits per heavy atom. The van der Waals surface area contributed by atoms with Crippen LogP contribution in [0.1, 0.15) is 15.9 Å². The van der Waals surface area contributed by atoms with Gasteiger partial charge in [0.15, 0.2) is 12.4 Å². The molecule has 0 bridgehead atoms. The fraction of sp³-hybridized carbons (Fsp3) is 0.158. The fourth-order valence-corrected chi connectivity index (χ4v) is 2.57. The van der Waals surface area contributed by atoms with Crippen molar-refractivity contribution in [1.29, 1.82) is 0 Å². The second kappa shape index (κ2) is 8.90. The highest BCUT2D eigenvalue weighted by atomic mass is 35.7. The van der Waals surface area contributed by atoms with Crippen molar-refractivity contribution in [3.63, 3.8) is 0 Å². The molecule has 0 aliphatic heterocycles. The molecule has 27 heavy (non-hydrogen) atoms. The highest BCUT2D eigenvalue weighted by Gasteiger charge is 2.17. The van der Waals surface area contributed by atoms with E-state index in [1.54, 1.807) is 7.11 Å². The number of ether oxygens (including phenoxy) is 1. The van der Waals surface area contributed by atoms with Gasteiger partial charge in [-0.25, -0.2) is 18.6 Å². The second-order valence-electron chi connectivity index (χ2n) is 5.75. The van der Waals surface area contributed by atoms with Crippen molar-refractivity contribution in [2.75, 3.05) is 7.11 Å². The van der Waals surface area contributed by atoms with E-state index in [0.717, 1.165) is 10.9 Å². The molecule has 7 nitrogen and oxygen atoms in total. The van der Waals surface area contributed by atoms with Crippen LogP contribution in [0.15, 0.2) is 60.9 Å². The van der Waals surface area contributed by atoms with Gasteiger partial charge in [0.05, 0.1) is 12.7 Å². The Bertz CT molecular complexity index is 933. The lowest BCUT2D eigenvalue weighted by Gasteiger charge is -2.17. The number of aromatic nitrogens is 1. The predicted octanol–water partition coefficient (Wildman–Crippen LogP) is -1.43. The van der Waals surface area contributed by atoms with E-state index in [9.17, 15) is 4.79 Å². The van der Waals surface area contributed by atoms with Gasteiger partial charge in [-0.15, -0.1) is 10.2 Å². The number of hydrogen-bond donors (Lipinski definition) is 0. The third-order valence-corrected chi connectivity index (χ3v) is 3.73. The van der Waals surface area contributed by atoms with E-state index in [-0.39, 0.29) is 5.78 Å². The molecule has 1 heterocycles. The number of nitrogens with zero attached hydrogens (tertiary/aromatic N) is 1. The summed E-state index contributed by atoms with van der Waals surface area (Å²) in [6, 6.07) is 15.8. The van der Waals surface area contributed by atoms with Gasteiger partial charge in [0.2, 0.25) is 12.3 Å². The molecule has 1 aromatic heterocycles. The molecule has 0 N–H and O–H groups in total. The van der Waals surface area contributed by atoms with Gasteiger partial charge in [-0.05, 0) is 30.5 Å². The number of hydrogen-bond acceptors (Lipinski definition) is 6. The van der Waals surface area contributed by atoms with Crippen LogP contribution in [0.2, 0.25) is 0 Å². The van der Waals surface area contributed by atoms with E-state index in [2.05, 4.69) is 6.07 Å². The Hall–Kier alpha value is -2.55. The molecule has 0 aliphatic rings. The molecule has 3 rings (SSSR count). The highest BCUT2D eigenvalue weighted by Crippen LogP contribution is 2.20.